The molecule has 6 heteroatoms. The number of sulfone groups is 1. The minimum atomic E-state index is -2.78. The highest BCUT2D eigenvalue weighted by molar-refractivity contribution is 7.91. The maximum absolute atomic E-state index is 11.1. The highest BCUT2D eigenvalue weighted by Crippen LogP contribution is 2.12. The number of hydrogen-bond acceptors (Lipinski definition) is 4. The monoisotopic (exact) mass is 250 g/mol. The molecule has 86 valence electrons. The normalized spacial score (nSPS) is 23.6. The van der Waals surface area contributed by atoms with Crippen LogP contribution < -0.4 is 17.7 Å². The maximum atomic E-state index is 11.1. The minimum absolute atomic E-state index is 0. The molecule has 1 fully saturated rings. The van der Waals surface area contributed by atoms with E-state index in [0.29, 0.717) is 18.7 Å². The first-order chi connectivity index (χ1) is 6.66. The molecule has 1 unspecified atom stereocenters. The Labute approximate surface area is 95.4 Å². The summed E-state index contributed by atoms with van der Waals surface area (Å²) in [5, 5.41) is 3.17. The molecular formula is C9H13ClNO3S-. The van der Waals surface area contributed by atoms with Gasteiger partial charge >= 0.3 is 0 Å². The second kappa shape index (κ2) is 5.01. The summed E-state index contributed by atoms with van der Waals surface area (Å²) in [6.45, 7) is 0.604. The lowest BCUT2D eigenvalue weighted by molar-refractivity contribution is -0.00000588. The van der Waals surface area contributed by atoms with Crippen LogP contribution in [0.15, 0.2) is 22.8 Å². The van der Waals surface area contributed by atoms with Gasteiger partial charge in [-0.05, 0) is 18.6 Å². The second-order valence-corrected chi connectivity index (χ2v) is 5.79. The number of halogens is 1. The van der Waals surface area contributed by atoms with Gasteiger partial charge in [0.15, 0.2) is 9.84 Å². The van der Waals surface area contributed by atoms with Gasteiger partial charge in [0.25, 0.3) is 0 Å². The average molecular weight is 251 g/mol. The van der Waals surface area contributed by atoms with Crippen LogP contribution >= 0.6 is 0 Å². The van der Waals surface area contributed by atoms with Crippen LogP contribution in [0.4, 0.5) is 0 Å². The molecule has 0 saturated carbocycles. The van der Waals surface area contributed by atoms with Crippen molar-refractivity contribution in [3.8, 4) is 0 Å². The van der Waals surface area contributed by atoms with Gasteiger partial charge in [0, 0.05) is 6.04 Å². The second-order valence-electron chi connectivity index (χ2n) is 3.56. The van der Waals surface area contributed by atoms with Crippen LogP contribution in [-0.2, 0) is 16.4 Å². The zero-order valence-electron chi connectivity index (χ0n) is 8.15. The molecule has 4 nitrogen and oxygen atoms in total. The van der Waals surface area contributed by atoms with Gasteiger partial charge in [-0.15, -0.1) is 0 Å². The van der Waals surface area contributed by atoms with Gasteiger partial charge in [0.1, 0.15) is 5.76 Å². The van der Waals surface area contributed by atoms with E-state index in [2.05, 4.69) is 5.32 Å². The van der Waals surface area contributed by atoms with Crippen LogP contribution in [0.2, 0.25) is 0 Å². The molecule has 0 radical (unpaired) electrons. The van der Waals surface area contributed by atoms with Gasteiger partial charge in [-0.3, -0.25) is 0 Å². The van der Waals surface area contributed by atoms with Crippen molar-refractivity contribution in [3.05, 3.63) is 24.2 Å². The maximum Gasteiger partial charge on any atom is 0.151 e. The van der Waals surface area contributed by atoms with E-state index in [1.165, 1.54) is 0 Å². The Kier molecular flexibility index (Phi) is 4.19. The highest BCUT2D eigenvalue weighted by atomic mass is 35.5. The summed E-state index contributed by atoms with van der Waals surface area (Å²) in [4.78, 5) is 0. The Morgan fingerprint density at radius 3 is 2.87 bits per heavy atom. The Balaban J connectivity index is 0.00000112. The molecule has 1 N–H and O–H groups in total. The Morgan fingerprint density at radius 2 is 2.33 bits per heavy atom. The van der Waals surface area contributed by atoms with E-state index in [9.17, 15) is 8.42 Å². The third-order valence-corrected chi connectivity index (χ3v) is 4.15. The Bertz CT molecular complexity index is 387. The fraction of sp³-hybridized carbons (Fsp3) is 0.556. The SMILES string of the molecule is O=S1(=O)CCC(NCc2ccco2)C1.[Cl-]. The number of hydrogen-bond donors (Lipinski definition) is 1. The molecule has 2 rings (SSSR count). The smallest absolute Gasteiger partial charge is 0.151 e. The first kappa shape index (κ1) is 12.5. The number of rotatable bonds is 3. The van der Waals surface area contributed by atoms with Crippen molar-refractivity contribution in [2.75, 3.05) is 11.5 Å². The predicted molar refractivity (Wildman–Crippen MR) is 52.6 cm³/mol. The van der Waals surface area contributed by atoms with Gasteiger partial charge < -0.3 is 22.1 Å². The third kappa shape index (κ3) is 3.52. The lowest BCUT2D eigenvalue weighted by atomic mass is 10.2. The van der Waals surface area contributed by atoms with Crippen molar-refractivity contribution in [2.45, 2.75) is 19.0 Å². The van der Waals surface area contributed by atoms with E-state index in [-0.39, 0.29) is 24.2 Å². The van der Waals surface area contributed by atoms with Gasteiger partial charge in [0.05, 0.1) is 24.3 Å². The summed E-state index contributed by atoms with van der Waals surface area (Å²) in [5.41, 5.74) is 0. The Morgan fingerprint density at radius 1 is 1.53 bits per heavy atom. The topological polar surface area (TPSA) is 59.3 Å². The summed E-state index contributed by atoms with van der Waals surface area (Å²) in [6.07, 6.45) is 2.32. The van der Waals surface area contributed by atoms with E-state index in [1.807, 2.05) is 12.1 Å². The zero-order valence-corrected chi connectivity index (χ0v) is 9.72. The van der Waals surface area contributed by atoms with Crippen LogP contribution in [-0.4, -0.2) is 26.0 Å². The summed E-state index contributed by atoms with van der Waals surface area (Å²) in [6, 6.07) is 3.78. The van der Waals surface area contributed by atoms with Crippen molar-refractivity contribution in [1.29, 1.82) is 0 Å². The molecule has 1 atom stereocenters. The molecule has 2 heterocycles. The van der Waals surface area contributed by atoms with Crippen molar-refractivity contribution >= 4 is 9.84 Å². The van der Waals surface area contributed by atoms with Crippen LogP contribution in [0, 0.1) is 0 Å². The molecule has 0 amide bonds. The fourth-order valence-electron chi connectivity index (χ4n) is 1.61. The standard InChI is InChI=1S/C9H13NO3S.ClH/c11-14(12)5-3-8(7-14)10-6-9-2-1-4-13-9;/h1-2,4,8,10H,3,5-7H2;1H/p-1. The van der Waals surface area contributed by atoms with E-state index in [4.69, 9.17) is 4.42 Å². The lowest BCUT2D eigenvalue weighted by Gasteiger charge is -2.08. The van der Waals surface area contributed by atoms with Crippen molar-refractivity contribution in [3.63, 3.8) is 0 Å². The summed E-state index contributed by atoms with van der Waals surface area (Å²) in [7, 11) is -2.78. The number of furan rings is 1. The van der Waals surface area contributed by atoms with Gasteiger partial charge in [-0.1, -0.05) is 0 Å². The van der Waals surface area contributed by atoms with Gasteiger partial charge in [-0.25, -0.2) is 8.42 Å². The molecule has 1 aromatic rings. The first-order valence-corrected chi connectivity index (χ1v) is 6.44. The quantitative estimate of drug-likeness (QED) is 0.648. The number of nitrogens with one attached hydrogen (secondary N) is 1. The van der Waals surface area contributed by atoms with Crippen LogP contribution in [0.25, 0.3) is 0 Å². The zero-order chi connectivity index (χ0) is 10.0. The molecule has 0 spiro atoms. The molecule has 1 aromatic heterocycles. The average Bonchev–Trinajstić information content (AvgIpc) is 2.70. The molecule has 1 aliphatic heterocycles. The summed E-state index contributed by atoms with van der Waals surface area (Å²) < 4.78 is 27.4. The van der Waals surface area contributed by atoms with E-state index in [1.54, 1.807) is 6.26 Å². The van der Waals surface area contributed by atoms with Crippen molar-refractivity contribution in [2.24, 2.45) is 0 Å². The van der Waals surface area contributed by atoms with E-state index < -0.39 is 9.84 Å². The van der Waals surface area contributed by atoms with Crippen LogP contribution in [0.5, 0.6) is 0 Å². The summed E-state index contributed by atoms with van der Waals surface area (Å²) in [5.74, 6) is 1.41. The summed E-state index contributed by atoms with van der Waals surface area (Å²) >= 11 is 0. The highest BCUT2D eigenvalue weighted by Gasteiger charge is 2.27. The van der Waals surface area contributed by atoms with Crippen molar-refractivity contribution < 1.29 is 25.2 Å². The van der Waals surface area contributed by atoms with E-state index >= 15 is 0 Å². The minimum Gasteiger partial charge on any atom is -1.00 e. The molecule has 0 bridgehead atoms. The van der Waals surface area contributed by atoms with Crippen molar-refractivity contribution in [1.82, 2.24) is 5.32 Å². The third-order valence-electron chi connectivity index (χ3n) is 2.38. The molecule has 1 aliphatic rings. The van der Waals surface area contributed by atoms with Crippen LogP contribution in [0.1, 0.15) is 12.2 Å². The molecular weight excluding hydrogens is 238 g/mol. The molecule has 15 heavy (non-hydrogen) atoms. The lowest BCUT2D eigenvalue weighted by Crippen LogP contribution is -3.00. The van der Waals surface area contributed by atoms with Crippen LogP contribution in [0.3, 0.4) is 0 Å². The van der Waals surface area contributed by atoms with Gasteiger partial charge in [0.2, 0.25) is 0 Å². The predicted octanol–water partition coefficient (Wildman–Crippen LogP) is -2.44. The molecule has 0 aliphatic carbocycles. The molecule has 0 aromatic carbocycles. The van der Waals surface area contributed by atoms with Gasteiger partial charge in [-0.2, -0.15) is 0 Å². The van der Waals surface area contributed by atoms with E-state index in [0.717, 1.165) is 5.76 Å². The Hall–Kier alpha value is -0.520. The molecule has 1 saturated heterocycles. The fourth-order valence-corrected chi connectivity index (χ4v) is 3.32. The first-order valence-electron chi connectivity index (χ1n) is 4.62. The largest absolute Gasteiger partial charge is 1.00 e.